The number of imidazole rings is 1. The van der Waals surface area contributed by atoms with Crippen molar-refractivity contribution in [2.24, 2.45) is 13.0 Å². The summed E-state index contributed by atoms with van der Waals surface area (Å²) in [6, 6.07) is 6.14. The van der Waals surface area contributed by atoms with Crippen LogP contribution in [0.3, 0.4) is 0 Å². The molecule has 0 radical (unpaired) electrons. The maximum Gasteiger partial charge on any atom is 0.225 e. The van der Waals surface area contributed by atoms with E-state index in [4.69, 9.17) is 0 Å². The number of nitrogens with zero attached hydrogens (tertiary/aromatic N) is 2. The second-order valence-corrected chi connectivity index (χ2v) is 5.11. The zero-order valence-corrected chi connectivity index (χ0v) is 11.2. The highest BCUT2D eigenvalue weighted by Crippen LogP contribution is 2.16. The highest BCUT2D eigenvalue weighted by molar-refractivity contribution is 5.80. The second-order valence-electron chi connectivity index (χ2n) is 5.11. The lowest BCUT2D eigenvalue weighted by Crippen LogP contribution is -2.50. The molecule has 0 spiro atoms. The van der Waals surface area contributed by atoms with Crippen LogP contribution in [0.25, 0.3) is 11.0 Å². The van der Waals surface area contributed by atoms with Gasteiger partial charge in [0.2, 0.25) is 5.91 Å². The van der Waals surface area contributed by atoms with Gasteiger partial charge in [0.05, 0.1) is 17.0 Å². The van der Waals surface area contributed by atoms with Crippen molar-refractivity contribution in [1.29, 1.82) is 0 Å². The zero-order valence-electron chi connectivity index (χ0n) is 11.2. The third-order valence-electron chi connectivity index (χ3n) is 3.79. The van der Waals surface area contributed by atoms with E-state index in [9.17, 15) is 4.79 Å². The van der Waals surface area contributed by atoms with Gasteiger partial charge in [0, 0.05) is 26.7 Å². The van der Waals surface area contributed by atoms with E-state index in [2.05, 4.69) is 26.3 Å². The van der Waals surface area contributed by atoms with E-state index in [0.29, 0.717) is 6.54 Å². The molecule has 2 heterocycles. The van der Waals surface area contributed by atoms with Gasteiger partial charge in [0.1, 0.15) is 5.82 Å². The summed E-state index contributed by atoms with van der Waals surface area (Å²) in [5, 5.41) is 6.07. The van der Waals surface area contributed by atoms with Crippen LogP contribution in [0.5, 0.6) is 0 Å². The van der Waals surface area contributed by atoms with Gasteiger partial charge < -0.3 is 15.2 Å². The molecule has 2 aromatic rings. The van der Waals surface area contributed by atoms with Gasteiger partial charge in [-0.05, 0) is 24.6 Å². The lowest BCUT2D eigenvalue weighted by atomic mass is 10.0. The largest absolute Gasteiger partial charge is 0.352 e. The van der Waals surface area contributed by atoms with Crippen LogP contribution in [0.4, 0.5) is 0 Å². The molecule has 5 heteroatoms. The number of rotatable bonds is 3. The topological polar surface area (TPSA) is 59.0 Å². The Morgan fingerprint density at radius 3 is 3.00 bits per heavy atom. The van der Waals surface area contributed by atoms with E-state index in [0.717, 1.165) is 35.5 Å². The van der Waals surface area contributed by atoms with Gasteiger partial charge in [0.15, 0.2) is 0 Å². The molecule has 0 aliphatic carbocycles. The number of carbonyl (C=O) groups is 1. The van der Waals surface area contributed by atoms with Crippen LogP contribution in [0.15, 0.2) is 18.2 Å². The summed E-state index contributed by atoms with van der Waals surface area (Å²) >= 11 is 0. The average Bonchev–Trinajstić information content (AvgIpc) is 2.60. The van der Waals surface area contributed by atoms with Crippen LogP contribution < -0.4 is 10.6 Å². The fraction of sp³-hybridized carbons (Fsp3) is 0.429. The molecule has 1 amide bonds. The number of amides is 1. The number of carbonyl (C=O) groups excluding carboxylic acids is 1. The molecule has 5 nitrogen and oxygen atoms in total. The van der Waals surface area contributed by atoms with Gasteiger partial charge in [-0.2, -0.15) is 0 Å². The predicted octanol–water partition coefficient (Wildman–Crippen LogP) is 0.717. The Kier molecular flexibility index (Phi) is 2.98. The fourth-order valence-corrected chi connectivity index (χ4v) is 2.28. The Hall–Kier alpha value is -1.88. The lowest BCUT2D eigenvalue weighted by Gasteiger charge is -2.25. The van der Waals surface area contributed by atoms with Crippen LogP contribution in [-0.2, 0) is 18.4 Å². The molecule has 100 valence electrons. The van der Waals surface area contributed by atoms with Crippen molar-refractivity contribution < 1.29 is 4.79 Å². The van der Waals surface area contributed by atoms with E-state index in [1.807, 2.05) is 26.1 Å². The first kappa shape index (κ1) is 12.2. The van der Waals surface area contributed by atoms with Crippen molar-refractivity contribution >= 4 is 16.9 Å². The van der Waals surface area contributed by atoms with Crippen LogP contribution in [-0.4, -0.2) is 28.5 Å². The maximum atomic E-state index is 11.7. The van der Waals surface area contributed by atoms with Gasteiger partial charge in [-0.1, -0.05) is 6.07 Å². The van der Waals surface area contributed by atoms with Gasteiger partial charge in [-0.3, -0.25) is 4.79 Å². The Balaban J connectivity index is 1.72. The van der Waals surface area contributed by atoms with E-state index < -0.39 is 0 Å². The molecule has 0 unspecified atom stereocenters. The molecular formula is C14H18N4O. The fourth-order valence-electron chi connectivity index (χ4n) is 2.28. The molecule has 2 N–H and O–H groups in total. The number of nitrogens with one attached hydrogen (secondary N) is 2. The first-order chi connectivity index (χ1) is 9.15. The minimum absolute atomic E-state index is 0.135. The molecular weight excluding hydrogens is 240 g/mol. The Labute approximate surface area is 112 Å². The number of fused-ring (bicyclic) bond motifs is 1. The smallest absolute Gasteiger partial charge is 0.225 e. The lowest BCUT2D eigenvalue weighted by molar-refractivity contribution is -0.126. The molecule has 0 atom stereocenters. The van der Waals surface area contributed by atoms with Gasteiger partial charge in [-0.25, -0.2) is 4.98 Å². The SMILES string of the molecule is Cc1nc2cc(CNC(=O)C3CNC3)ccc2n1C. The molecule has 3 rings (SSSR count). The van der Waals surface area contributed by atoms with Crippen LogP contribution in [0.1, 0.15) is 11.4 Å². The van der Waals surface area contributed by atoms with E-state index in [1.54, 1.807) is 0 Å². The summed E-state index contributed by atoms with van der Waals surface area (Å²) in [4.78, 5) is 16.3. The number of hydrogen-bond donors (Lipinski definition) is 2. The second kappa shape index (κ2) is 4.66. The number of aryl methyl sites for hydroxylation is 2. The quantitative estimate of drug-likeness (QED) is 0.853. The van der Waals surface area contributed by atoms with Crippen molar-refractivity contribution in [3.05, 3.63) is 29.6 Å². The number of benzene rings is 1. The minimum atomic E-state index is 0.135. The van der Waals surface area contributed by atoms with Crippen molar-refractivity contribution in [1.82, 2.24) is 20.2 Å². The Bertz CT molecular complexity index is 628. The average molecular weight is 258 g/mol. The van der Waals surface area contributed by atoms with E-state index in [1.165, 1.54) is 0 Å². The van der Waals surface area contributed by atoms with Crippen molar-refractivity contribution in [3.8, 4) is 0 Å². The minimum Gasteiger partial charge on any atom is -0.352 e. The molecule has 0 bridgehead atoms. The van der Waals surface area contributed by atoms with Gasteiger partial charge in [0.25, 0.3) is 0 Å². The molecule has 1 fully saturated rings. The summed E-state index contributed by atoms with van der Waals surface area (Å²) < 4.78 is 2.07. The van der Waals surface area contributed by atoms with E-state index in [-0.39, 0.29) is 11.8 Å². The van der Waals surface area contributed by atoms with Crippen LogP contribution in [0.2, 0.25) is 0 Å². The number of aromatic nitrogens is 2. The maximum absolute atomic E-state index is 11.7. The summed E-state index contributed by atoms with van der Waals surface area (Å²) in [6.07, 6.45) is 0. The van der Waals surface area contributed by atoms with E-state index >= 15 is 0 Å². The summed E-state index contributed by atoms with van der Waals surface area (Å²) in [6.45, 7) is 4.15. The first-order valence-electron chi connectivity index (χ1n) is 6.55. The molecule has 1 aliphatic rings. The molecule has 1 aromatic heterocycles. The summed E-state index contributed by atoms with van der Waals surface area (Å²) in [5.41, 5.74) is 3.19. The first-order valence-corrected chi connectivity index (χ1v) is 6.55. The Morgan fingerprint density at radius 1 is 1.53 bits per heavy atom. The molecule has 1 aliphatic heterocycles. The molecule has 19 heavy (non-hydrogen) atoms. The van der Waals surface area contributed by atoms with Gasteiger partial charge in [-0.15, -0.1) is 0 Å². The zero-order chi connectivity index (χ0) is 13.4. The van der Waals surface area contributed by atoms with Gasteiger partial charge >= 0.3 is 0 Å². The van der Waals surface area contributed by atoms with Crippen molar-refractivity contribution in [2.75, 3.05) is 13.1 Å². The Morgan fingerprint density at radius 2 is 2.32 bits per heavy atom. The molecule has 1 saturated heterocycles. The van der Waals surface area contributed by atoms with Crippen molar-refractivity contribution in [2.45, 2.75) is 13.5 Å². The van der Waals surface area contributed by atoms with Crippen LogP contribution >= 0.6 is 0 Å². The van der Waals surface area contributed by atoms with Crippen LogP contribution in [0, 0.1) is 12.8 Å². The summed E-state index contributed by atoms with van der Waals surface area (Å²) in [5.74, 6) is 1.27. The third-order valence-corrected chi connectivity index (χ3v) is 3.79. The number of hydrogen-bond acceptors (Lipinski definition) is 3. The predicted molar refractivity (Wildman–Crippen MR) is 73.7 cm³/mol. The van der Waals surface area contributed by atoms with Crippen molar-refractivity contribution in [3.63, 3.8) is 0 Å². The highest BCUT2D eigenvalue weighted by atomic mass is 16.2. The standard InChI is InChI=1S/C14H18N4O/c1-9-17-12-5-10(3-4-13(12)18(9)2)6-16-14(19)11-7-15-8-11/h3-5,11,15H,6-8H2,1-2H3,(H,16,19). The molecule has 1 aromatic carbocycles. The highest BCUT2D eigenvalue weighted by Gasteiger charge is 2.24. The third kappa shape index (κ3) is 2.21. The monoisotopic (exact) mass is 258 g/mol. The normalized spacial score (nSPS) is 15.5. The molecule has 0 saturated carbocycles. The summed E-state index contributed by atoms with van der Waals surface area (Å²) in [7, 11) is 2.01.